The molecule has 4 aromatic heterocycles. The van der Waals surface area contributed by atoms with Gasteiger partial charge in [0, 0.05) is 48.5 Å². The summed E-state index contributed by atoms with van der Waals surface area (Å²) in [6.45, 7) is 6.77. The Morgan fingerprint density at radius 3 is 3.03 bits per heavy atom. The number of pyridine rings is 1. The minimum Gasteiger partial charge on any atom is -0.444 e. The third kappa shape index (κ3) is 4.12. The average molecular weight is 459 g/mol. The highest BCUT2D eigenvalue weighted by molar-refractivity contribution is 5.93. The van der Waals surface area contributed by atoms with Crippen molar-refractivity contribution >= 4 is 28.6 Å². The second-order valence-electron chi connectivity index (χ2n) is 9.44. The van der Waals surface area contributed by atoms with Gasteiger partial charge in [-0.25, -0.2) is 14.8 Å². The van der Waals surface area contributed by atoms with E-state index in [9.17, 15) is 10.1 Å². The number of carbonyl (C=O) groups excluding carboxylic acids is 1. The van der Waals surface area contributed by atoms with E-state index in [1.807, 2.05) is 45.2 Å². The molecule has 1 atom stereocenters. The van der Waals surface area contributed by atoms with Crippen LogP contribution >= 0.6 is 0 Å². The molecule has 34 heavy (non-hydrogen) atoms. The van der Waals surface area contributed by atoms with Crippen molar-refractivity contribution in [3.63, 3.8) is 0 Å². The number of nitrogens with one attached hydrogen (secondary N) is 2. The molecule has 1 aliphatic rings. The fourth-order valence-corrected chi connectivity index (χ4v) is 4.25. The third-order valence-corrected chi connectivity index (χ3v) is 5.74. The lowest BCUT2D eigenvalue weighted by Gasteiger charge is -2.34. The molecule has 174 valence electrons. The van der Waals surface area contributed by atoms with Crippen molar-refractivity contribution in [1.82, 2.24) is 29.5 Å². The number of amides is 1. The van der Waals surface area contributed by atoms with Gasteiger partial charge in [-0.3, -0.25) is 0 Å². The maximum atomic E-state index is 12.6. The monoisotopic (exact) mass is 458 g/mol. The highest BCUT2D eigenvalue weighted by Crippen LogP contribution is 2.30. The molecule has 0 saturated carbocycles. The molecule has 2 N–H and O–H groups in total. The number of hydrogen-bond donors (Lipinski definition) is 2. The maximum Gasteiger partial charge on any atom is 0.410 e. The summed E-state index contributed by atoms with van der Waals surface area (Å²) < 4.78 is 7.20. The van der Waals surface area contributed by atoms with Crippen molar-refractivity contribution in [2.24, 2.45) is 0 Å². The van der Waals surface area contributed by atoms with Crippen LogP contribution in [0.1, 0.15) is 39.2 Å². The van der Waals surface area contributed by atoms with Gasteiger partial charge in [-0.2, -0.15) is 14.9 Å². The summed E-state index contributed by atoms with van der Waals surface area (Å²) in [5.74, 6) is 0.704. The van der Waals surface area contributed by atoms with Gasteiger partial charge >= 0.3 is 6.09 Å². The lowest BCUT2D eigenvalue weighted by atomic mass is 10.1. The summed E-state index contributed by atoms with van der Waals surface area (Å²) in [6, 6.07) is 7.95. The van der Waals surface area contributed by atoms with Crippen LogP contribution in [0.3, 0.4) is 0 Å². The first kappa shape index (κ1) is 21.7. The zero-order valence-electron chi connectivity index (χ0n) is 19.4. The highest BCUT2D eigenvalue weighted by Gasteiger charge is 2.28. The Morgan fingerprint density at radius 1 is 1.38 bits per heavy atom. The molecule has 1 amide bonds. The maximum absolute atomic E-state index is 12.6. The summed E-state index contributed by atoms with van der Waals surface area (Å²) in [5, 5.41) is 18.4. The van der Waals surface area contributed by atoms with Gasteiger partial charge < -0.3 is 19.9 Å². The molecule has 0 aromatic carbocycles. The zero-order chi connectivity index (χ0) is 23.9. The van der Waals surface area contributed by atoms with E-state index in [4.69, 9.17) is 9.72 Å². The summed E-state index contributed by atoms with van der Waals surface area (Å²) in [7, 11) is 0. The number of nitrogens with zero attached hydrogens (tertiary/aromatic N) is 6. The SMILES string of the molecule is CC(C)(C)OC(=O)N1CCC[C@H](Nc2cc(-c3c[nH]c4ncccc34)nc3c(C#N)cnn23)C1. The Hall–Kier alpha value is -4.13. The number of likely N-dealkylation sites (tertiary alicyclic amines) is 1. The first-order chi connectivity index (χ1) is 16.3. The topological polar surface area (TPSA) is 124 Å². The number of fused-ring (bicyclic) bond motifs is 2. The molecule has 0 aliphatic carbocycles. The Kier molecular flexibility index (Phi) is 5.32. The molecule has 10 heteroatoms. The van der Waals surface area contributed by atoms with Crippen LogP contribution in [0.25, 0.3) is 27.9 Å². The Labute approximate surface area is 196 Å². The Balaban J connectivity index is 1.49. The fraction of sp³-hybridized carbons (Fsp3) is 0.375. The number of nitriles is 1. The minimum atomic E-state index is -0.541. The lowest BCUT2D eigenvalue weighted by molar-refractivity contribution is 0.0206. The van der Waals surface area contributed by atoms with Crippen LogP contribution in [0.5, 0.6) is 0 Å². The van der Waals surface area contributed by atoms with Gasteiger partial charge in [0.1, 0.15) is 28.7 Å². The van der Waals surface area contributed by atoms with Crippen LogP contribution < -0.4 is 5.32 Å². The van der Waals surface area contributed by atoms with Gasteiger partial charge in [-0.1, -0.05) is 0 Å². The van der Waals surface area contributed by atoms with Crippen molar-refractivity contribution < 1.29 is 9.53 Å². The van der Waals surface area contributed by atoms with Crippen molar-refractivity contribution in [2.45, 2.75) is 45.3 Å². The van der Waals surface area contributed by atoms with Gasteiger partial charge in [-0.15, -0.1) is 0 Å². The number of H-pyrrole nitrogens is 1. The molecule has 0 spiro atoms. The van der Waals surface area contributed by atoms with Gasteiger partial charge in [0.2, 0.25) is 0 Å². The van der Waals surface area contributed by atoms with Crippen LogP contribution in [0, 0.1) is 11.3 Å². The van der Waals surface area contributed by atoms with Gasteiger partial charge in [0.15, 0.2) is 5.65 Å². The van der Waals surface area contributed by atoms with Crippen molar-refractivity contribution in [1.29, 1.82) is 5.26 Å². The van der Waals surface area contributed by atoms with E-state index in [2.05, 4.69) is 26.5 Å². The highest BCUT2D eigenvalue weighted by atomic mass is 16.6. The summed E-state index contributed by atoms with van der Waals surface area (Å²) >= 11 is 0. The average Bonchev–Trinajstić information content (AvgIpc) is 3.42. The molecule has 4 aromatic rings. The summed E-state index contributed by atoms with van der Waals surface area (Å²) in [5.41, 5.74) is 2.68. The summed E-state index contributed by atoms with van der Waals surface area (Å²) in [6.07, 6.45) is 6.55. The van der Waals surface area contributed by atoms with Crippen LogP contribution in [0.4, 0.5) is 10.6 Å². The molecule has 1 fully saturated rings. The van der Waals surface area contributed by atoms with E-state index in [-0.39, 0.29) is 12.1 Å². The second-order valence-corrected chi connectivity index (χ2v) is 9.44. The summed E-state index contributed by atoms with van der Waals surface area (Å²) in [4.78, 5) is 26.6. The third-order valence-electron chi connectivity index (χ3n) is 5.74. The van der Waals surface area contributed by atoms with E-state index in [1.54, 1.807) is 15.6 Å². The molecular weight excluding hydrogens is 432 g/mol. The van der Waals surface area contributed by atoms with Crippen LogP contribution in [-0.2, 0) is 4.74 Å². The minimum absolute atomic E-state index is 0.000843. The van der Waals surface area contributed by atoms with Crippen molar-refractivity contribution in [3.8, 4) is 17.3 Å². The molecule has 5 heterocycles. The number of hydrogen-bond acceptors (Lipinski definition) is 7. The number of rotatable bonds is 3. The van der Waals surface area contributed by atoms with Crippen molar-refractivity contribution in [3.05, 3.63) is 42.4 Å². The van der Waals surface area contributed by atoms with E-state index < -0.39 is 5.60 Å². The van der Waals surface area contributed by atoms with E-state index in [0.717, 1.165) is 29.4 Å². The van der Waals surface area contributed by atoms with E-state index in [1.165, 1.54) is 6.20 Å². The molecule has 10 nitrogen and oxygen atoms in total. The molecule has 5 rings (SSSR count). The largest absolute Gasteiger partial charge is 0.444 e. The number of piperidine rings is 1. The van der Waals surface area contributed by atoms with Crippen LogP contribution in [0.15, 0.2) is 36.8 Å². The van der Waals surface area contributed by atoms with Gasteiger partial charge in [0.25, 0.3) is 0 Å². The van der Waals surface area contributed by atoms with Gasteiger partial charge in [0.05, 0.1) is 11.9 Å². The molecule has 0 bridgehead atoms. The lowest BCUT2D eigenvalue weighted by Crippen LogP contribution is -2.47. The first-order valence-electron chi connectivity index (χ1n) is 11.3. The normalized spacial score (nSPS) is 16.5. The Morgan fingerprint density at radius 2 is 2.24 bits per heavy atom. The molecule has 0 radical (unpaired) electrons. The Bertz CT molecular complexity index is 1410. The smallest absolute Gasteiger partial charge is 0.410 e. The molecule has 0 unspecified atom stereocenters. The van der Waals surface area contributed by atoms with Gasteiger partial charge in [-0.05, 0) is 45.7 Å². The number of aromatic amines is 1. The van der Waals surface area contributed by atoms with Crippen LogP contribution in [0.2, 0.25) is 0 Å². The first-order valence-corrected chi connectivity index (χ1v) is 11.3. The van der Waals surface area contributed by atoms with Crippen LogP contribution in [-0.4, -0.2) is 60.3 Å². The van der Waals surface area contributed by atoms with E-state index >= 15 is 0 Å². The second kappa shape index (κ2) is 8.33. The molecule has 1 aliphatic heterocycles. The number of carbonyl (C=O) groups is 1. The number of aromatic nitrogens is 5. The predicted molar refractivity (Wildman–Crippen MR) is 127 cm³/mol. The fourth-order valence-electron chi connectivity index (χ4n) is 4.25. The van der Waals surface area contributed by atoms with E-state index in [0.29, 0.717) is 35.8 Å². The predicted octanol–water partition coefficient (Wildman–Crippen LogP) is 3.96. The number of anilines is 1. The number of ether oxygens (including phenoxy) is 1. The standard InChI is InChI=1S/C24H26N8O2/c1-24(2,3)34-23(33)31-9-5-6-16(14-31)29-20-10-19(30-22-15(11-25)12-28-32(20)22)18-13-27-21-17(18)7-4-8-26-21/h4,7-8,10,12-13,16,29H,5-6,9,14H2,1-3H3,(H,26,27)/t16-/m0/s1. The quantitative estimate of drug-likeness (QED) is 0.476. The molecular formula is C24H26N8O2. The van der Waals surface area contributed by atoms with Crippen molar-refractivity contribution in [2.75, 3.05) is 18.4 Å². The zero-order valence-corrected chi connectivity index (χ0v) is 19.4. The molecule has 1 saturated heterocycles.